The van der Waals surface area contributed by atoms with E-state index in [1.807, 2.05) is 0 Å². The van der Waals surface area contributed by atoms with Gasteiger partial charge in [-0.15, -0.1) is 0 Å². The van der Waals surface area contributed by atoms with Crippen molar-refractivity contribution in [3.8, 4) is 0 Å². The maximum absolute atomic E-state index is 10.3. The van der Waals surface area contributed by atoms with E-state index in [2.05, 4.69) is 10.5 Å². The second-order valence-electron chi connectivity index (χ2n) is 1.99. The van der Waals surface area contributed by atoms with Crippen molar-refractivity contribution >= 4 is 11.6 Å². The SMILES string of the molecule is CC(=O)N/N=C(\C)CCO. The summed E-state index contributed by atoms with van der Waals surface area (Å²) in [6, 6.07) is 0. The van der Waals surface area contributed by atoms with E-state index >= 15 is 0 Å². The summed E-state index contributed by atoms with van der Waals surface area (Å²) in [4.78, 5) is 10.3. The van der Waals surface area contributed by atoms with Crippen LogP contribution in [0.4, 0.5) is 0 Å². The van der Waals surface area contributed by atoms with Crippen LogP contribution in [-0.4, -0.2) is 23.3 Å². The molecule has 0 rings (SSSR count). The minimum absolute atomic E-state index is 0.0644. The Hall–Kier alpha value is -0.900. The lowest BCUT2D eigenvalue weighted by atomic mass is 10.3. The van der Waals surface area contributed by atoms with E-state index in [-0.39, 0.29) is 12.5 Å². The average Bonchev–Trinajstić information content (AvgIpc) is 1.85. The number of carbonyl (C=O) groups excluding carboxylic acids is 1. The first-order chi connectivity index (χ1) is 4.66. The first-order valence-electron chi connectivity index (χ1n) is 3.07. The summed E-state index contributed by atoms with van der Waals surface area (Å²) < 4.78 is 0. The molecule has 10 heavy (non-hydrogen) atoms. The van der Waals surface area contributed by atoms with Crippen molar-refractivity contribution in [3.05, 3.63) is 0 Å². The van der Waals surface area contributed by atoms with Crippen LogP contribution in [0.3, 0.4) is 0 Å². The highest BCUT2D eigenvalue weighted by Crippen LogP contribution is 1.81. The number of amides is 1. The molecule has 0 heterocycles. The van der Waals surface area contributed by atoms with Gasteiger partial charge in [0.2, 0.25) is 5.91 Å². The number of aliphatic hydroxyl groups is 1. The van der Waals surface area contributed by atoms with Crippen LogP contribution >= 0.6 is 0 Å². The van der Waals surface area contributed by atoms with Crippen molar-refractivity contribution in [2.75, 3.05) is 6.61 Å². The topological polar surface area (TPSA) is 61.7 Å². The molecule has 0 spiro atoms. The third-order valence-corrected chi connectivity index (χ3v) is 0.878. The number of hydrogen-bond acceptors (Lipinski definition) is 3. The summed E-state index contributed by atoms with van der Waals surface area (Å²) >= 11 is 0. The molecule has 0 fully saturated rings. The molecule has 1 amide bonds. The van der Waals surface area contributed by atoms with Crippen LogP contribution in [0.1, 0.15) is 20.3 Å². The summed E-state index contributed by atoms with van der Waals surface area (Å²) in [6.45, 7) is 3.19. The van der Waals surface area contributed by atoms with Gasteiger partial charge in [-0.1, -0.05) is 0 Å². The first kappa shape index (κ1) is 9.10. The Balaban J connectivity index is 3.57. The van der Waals surface area contributed by atoms with Gasteiger partial charge >= 0.3 is 0 Å². The molecule has 0 bridgehead atoms. The van der Waals surface area contributed by atoms with Gasteiger partial charge in [-0.2, -0.15) is 5.10 Å². The molecule has 0 saturated heterocycles. The Kier molecular flexibility index (Phi) is 4.49. The fraction of sp³-hybridized carbons (Fsp3) is 0.667. The fourth-order valence-corrected chi connectivity index (χ4v) is 0.392. The zero-order valence-corrected chi connectivity index (χ0v) is 6.22. The summed E-state index contributed by atoms with van der Waals surface area (Å²) in [6.07, 6.45) is 0.500. The molecule has 0 atom stereocenters. The van der Waals surface area contributed by atoms with Gasteiger partial charge in [0.25, 0.3) is 0 Å². The normalized spacial score (nSPS) is 11.3. The Morgan fingerprint density at radius 2 is 2.20 bits per heavy atom. The monoisotopic (exact) mass is 144 g/mol. The third kappa shape index (κ3) is 5.24. The van der Waals surface area contributed by atoms with Gasteiger partial charge in [-0.25, -0.2) is 5.43 Å². The Bertz CT molecular complexity index is 143. The average molecular weight is 144 g/mol. The lowest BCUT2D eigenvalue weighted by molar-refractivity contribution is -0.118. The number of nitrogens with one attached hydrogen (secondary N) is 1. The maximum Gasteiger partial charge on any atom is 0.236 e. The molecule has 0 aliphatic heterocycles. The lowest BCUT2D eigenvalue weighted by Crippen LogP contribution is -2.14. The van der Waals surface area contributed by atoms with E-state index in [4.69, 9.17) is 5.11 Å². The molecular formula is C6H12N2O2. The Labute approximate surface area is 59.9 Å². The van der Waals surface area contributed by atoms with E-state index in [1.165, 1.54) is 6.92 Å². The summed E-state index contributed by atoms with van der Waals surface area (Å²) in [7, 11) is 0. The molecule has 0 aliphatic carbocycles. The van der Waals surface area contributed by atoms with Crippen LogP contribution in [0, 0.1) is 0 Å². The molecule has 2 N–H and O–H groups in total. The van der Waals surface area contributed by atoms with Gasteiger partial charge < -0.3 is 5.11 Å². The highest BCUT2D eigenvalue weighted by Gasteiger charge is 1.89. The smallest absolute Gasteiger partial charge is 0.236 e. The van der Waals surface area contributed by atoms with E-state index in [0.29, 0.717) is 6.42 Å². The number of hydrogen-bond donors (Lipinski definition) is 2. The van der Waals surface area contributed by atoms with Crippen molar-refractivity contribution in [1.29, 1.82) is 0 Å². The summed E-state index contributed by atoms with van der Waals surface area (Å²) in [5.74, 6) is -0.197. The Morgan fingerprint density at radius 1 is 1.60 bits per heavy atom. The quantitative estimate of drug-likeness (QED) is 0.428. The van der Waals surface area contributed by atoms with E-state index in [9.17, 15) is 4.79 Å². The molecule has 0 saturated carbocycles. The van der Waals surface area contributed by atoms with Crippen molar-refractivity contribution in [1.82, 2.24) is 5.43 Å². The molecule has 4 nitrogen and oxygen atoms in total. The summed E-state index contributed by atoms with van der Waals surface area (Å²) in [5.41, 5.74) is 2.99. The van der Waals surface area contributed by atoms with Crippen LogP contribution in [0.5, 0.6) is 0 Å². The molecule has 0 aromatic rings. The number of hydrazone groups is 1. The van der Waals surface area contributed by atoms with Crippen LogP contribution in [0.25, 0.3) is 0 Å². The van der Waals surface area contributed by atoms with Crippen molar-refractivity contribution in [3.63, 3.8) is 0 Å². The fourth-order valence-electron chi connectivity index (χ4n) is 0.392. The predicted octanol–water partition coefficient (Wildman–Crippen LogP) is -0.119. The second kappa shape index (κ2) is 4.93. The number of carbonyl (C=O) groups is 1. The van der Waals surface area contributed by atoms with E-state index in [1.54, 1.807) is 6.92 Å². The van der Waals surface area contributed by atoms with Gasteiger partial charge in [0, 0.05) is 25.7 Å². The van der Waals surface area contributed by atoms with Crippen molar-refractivity contribution in [2.45, 2.75) is 20.3 Å². The third-order valence-electron chi connectivity index (χ3n) is 0.878. The molecule has 58 valence electrons. The highest BCUT2D eigenvalue weighted by molar-refractivity contribution is 5.83. The molecule has 0 aliphatic rings. The van der Waals surface area contributed by atoms with E-state index < -0.39 is 0 Å². The van der Waals surface area contributed by atoms with E-state index in [0.717, 1.165) is 5.71 Å². The number of aliphatic hydroxyl groups excluding tert-OH is 1. The maximum atomic E-state index is 10.3. The number of nitrogens with zero attached hydrogens (tertiary/aromatic N) is 1. The minimum Gasteiger partial charge on any atom is -0.396 e. The van der Waals surface area contributed by atoms with Crippen LogP contribution < -0.4 is 5.43 Å². The van der Waals surface area contributed by atoms with Gasteiger partial charge in [-0.05, 0) is 6.92 Å². The summed E-state index contributed by atoms with van der Waals surface area (Å²) in [5, 5.41) is 12.1. The molecule has 4 heteroatoms. The molecule has 0 unspecified atom stereocenters. The largest absolute Gasteiger partial charge is 0.396 e. The van der Waals surface area contributed by atoms with Gasteiger partial charge in [-0.3, -0.25) is 4.79 Å². The second-order valence-corrected chi connectivity index (χ2v) is 1.99. The zero-order chi connectivity index (χ0) is 7.98. The van der Waals surface area contributed by atoms with Crippen molar-refractivity contribution < 1.29 is 9.90 Å². The molecular weight excluding hydrogens is 132 g/mol. The van der Waals surface area contributed by atoms with Crippen LogP contribution in [0.15, 0.2) is 5.10 Å². The van der Waals surface area contributed by atoms with Crippen molar-refractivity contribution in [2.24, 2.45) is 5.10 Å². The first-order valence-corrected chi connectivity index (χ1v) is 3.07. The van der Waals surface area contributed by atoms with Crippen LogP contribution in [0.2, 0.25) is 0 Å². The molecule has 0 aromatic carbocycles. The number of rotatable bonds is 3. The molecule has 0 aromatic heterocycles. The van der Waals surface area contributed by atoms with Gasteiger partial charge in [0.1, 0.15) is 0 Å². The van der Waals surface area contributed by atoms with Gasteiger partial charge in [0.05, 0.1) is 0 Å². The highest BCUT2D eigenvalue weighted by atomic mass is 16.3. The standard InChI is InChI=1S/C6H12N2O2/c1-5(3-4-9)7-8-6(2)10/h9H,3-4H2,1-2H3,(H,8,10)/b7-5+. The minimum atomic E-state index is -0.197. The molecule has 0 radical (unpaired) electrons. The lowest BCUT2D eigenvalue weighted by Gasteiger charge is -1.95. The predicted molar refractivity (Wildman–Crippen MR) is 38.6 cm³/mol. The van der Waals surface area contributed by atoms with Gasteiger partial charge in [0.15, 0.2) is 0 Å². The van der Waals surface area contributed by atoms with Crippen LogP contribution in [-0.2, 0) is 4.79 Å². The Morgan fingerprint density at radius 3 is 2.60 bits per heavy atom. The zero-order valence-electron chi connectivity index (χ0n) is 6.22.